The van der Waals surface area contributed by atoms with Gasteiger partial charge in [0.15, 0.2) is 0 Å². The van der Waals surface area contributed by atoms with Crippen molar-refractivity contribution in [2.24, 2.45) is 5.10 Å². The van der Waals surface area contributed by atoms with E-state index >= 15 is 0 Å². The molecule has 1 aromatic heterocycles. The van der Waals surface area contributed by atoms with Gasteiger partial charge in [-0.1, -0.05) is 12.1 Å². The Morgan fingerprint density at radius 3 is 2.57 bits per heavy atom. The van der Waals surface area contributed by atoms with E-state index in [1.165, 1.54) is 50.8 Å². The molecule has 0 fully saturated rings. The predicted molar refractivity (Wildman–Crippen MR) is 104 cm³/mol. The Bertz CT molecular complexity index is 1070. The molecular weight excluding hydrogens is 401 g/mol. The molecule has 6 nitrogen and oxygen atoms in total. The maximum absolute atomic E-state index is 12.9. The van der Waals surface area contributed by atoms with E-state index in [1.54, 1.807) is 12.1 Å². The monoisotopic (exact) mass is 418 g/mol. The molecule has 3 aromatic rings. The van der Waals surface area contributed by atoms with Gasteiger partial charge in [0, 0.05) is 11.6 Å². The molecule has 0 unspecified atom stereocenters. The Balaban J connectivity index is 1.70. The normalized spacial score (nSPS) is 11.5. The third kappa shape index (κ3) is 4.80. The first-order valence-electron chi connectivity index (χ1n) is 8.64. The molecule has 1 amide bonds. The molecule has 0 bridgehead atoms. The fraction of sp³-hybridized carbons (Fsp3) is 0.143. The summed E-state index contributed by atoms with van der Waals surface area (Å²) in [6, 6.07) is 12.5. The van der Waals surface area contributed by atoms with Gasteiger partial charge in [0.05, 0.1) is 31.6 Å². The van der Waals surface area contributed by atoms with Crippen LogP contribution in [-0.4, -0.2) is 26.3 Å². The molecule has 0 saturated carbocycles. The first-order chi connectivity index (χ1) is 14.3. The van der Waals surface area contributed by atoms with Gasteiger partial charge in [-0.25, -0.2) is 5.43 Å². The van der Waals surface area contributed by atoms with Crippen LogP contribution >= 0.6 is 0 Å². The number of alkyl halides is 3. The molecule has 0 aliphatic heterocycles. The average molecular weight is 418 g/mol. The van der Waals surface area contributed by atoms with E-state index in [2.05, 4.69) is 10.5 Å². The SMILES string of the molecule is COc1ccc(C(=O)NN=Cc2ccc(-c3cccc(C(F)(F)F)c3)o2)c(OC)c1. The van der Waals surface area contributed by atoms with E-state index in [9.17, 15) is 18.0 Å². The summed E-state index contributed by atoms with van der Waals surface area (Å²) in [5, 5.41) is 3.81. The van der Waals surface area contributed by atoms with Crippen LogP contribution in [0, 0.1) is 0 Å². The standard InChI is InChI=1S/C21H17F3N2O4/c1-28-15-6-8-17(19(11-15)29-2)20(27)26-25-12-16-7-9-18(30-16)13-4-3-5-14(10-13)21(22,23)24/h3-12H,1-2H3,(H,26,27). The summed E-state index contributed by atoms with van der Waals surface area (Å²) in [5.41, 5.74) is 2.09. The van der Waals surface area contributed by atoms with Gasteiger partial charge in [-0.15, -0.1) is 0 Å². The van der Waals surface area contributed by atoms with Crippen LogP contribution < -0.4 is 14.9 Å². The molecule has 0 spiro atoms. The fourth-order valence-electron chi connectivity index (χ4n) is 2.63. The van der Waals surface area contributed by atoms with Crippen LogP contribution in [0.2, 0.25) is 0 Å². The van der Waals surface area contributed by atoms with Crippen molar-refractivity contribution in [3.63, 3.8) is 0 Å². The summed E-state index contributed by atoms with van der Waals surface area (Å²) in [5.74, 6) is 0.821. The third-order valence-electron chi connectivity index (χ3n) is 4.11. The lowest BCUT2D eigenvalue weighted by atomic mass is 10.1. The van der Waals surface area contributed by atoms with Crippen molar-refractivity contribution < 1.29 is 31.9 Å². The molecule has 156 valence electrons. The number of hydrogen-bond donors (Lipinski definition) is 1. The zero-order valence-corrected chi connectivity index (χ0v) is 16.0. The minimum absolute atomic E-state index is 0.241. The highest BCUT2D eigenvalue weighted by Crippen LogP contribution is 2.32. The molecule has 1 heterocycles. The van der Waals surface area contributed by atoms with Gasteiger partial charge in [0.25, 0.3) is 5.91 Å². The summed E-state index contributed by atoms with van der Waals surface area (Å²) in [4.78, 5) is 12.3. The summed E-state index contributed by atoms with van der Waals surface area (Å²) in [6.45, 7) is 0. The fourth-order valence-corrected chi connectivity index (χ4v) is 2.63. The van der Waals surface area contributed by atoms with Crippen LogP contribution in [0.25, 0.3) is 11.3 Å². The summed E-state index contributed by atoms with van der Waals surface area (Å²) < 4.78 is 54.3. The van der Waals surface area contributed by atoms with Crippen LogP contribution in [0.3, 0.4) is 0 Å². The van der Waals surface area contributed by atoms with Gasteiger partial charge in [0.2, 0.25) is 0 Å². The Kier molecular flexibility index (Phi) is 6.10. The van der Waals surface area contributed by atoms with Crippen LogP contribution in [0.1, 0.15) is 21.7 Å². The Morgan fingerprint density at radius 1 is 1.07 bits per heavy atom. The van der Waals surface area contributed by atoms with Gasteiger partial charge in [-0.05, 0) is 36.4 Å². The Hall–Kier alpha value is -3.75. The first-order valence-corrected chi connectivity index (χ1v) is 8.64. The average Bonchev–Trinajstić information content (AvgIpc) is 3.21. The highest BCUT2D eigenvalue weighted by molar-refractivity contribution is 5.97. The number of hydrogen-bond acceptors (Lipinski definition) is 5. The quantitative estimate of drug-likeness (QED) is 0.463. The van der Waals surface area contributed by atoms with Gasteiger partial charge in [-0.3, -0.25) is 4.79 Å². The first kappa shape index (κ1) is 21.0. The van der Waals surface area contributed by atoms with Crippen molar-refractivity contribution in [1.82, 2.24) is 5.43 Å². The van der Waals surface area contributed by atoms with Crippen molar-refractivity contribution >= 4 is 12.1 Å². The number of amides is 1. The maximum atomic E-state index is 12.9. The number of halogens is 3. The van der Waals surface area contributed by atoms with E-state index in [0.29, 0.717) is 11.5 Å². The Labute approximate surface area is 169 Å². The molecule has 0 radical (unpaired) electrons. The predicted octanol–water partition coefficient (Wildman–Crippen LogP) is 4.75. The van der Waals surface area contributed by atoms with Gasteiger partial charge < -0.3 is 13.9 Å². The zero-order chi connectivity index (χ0) is 21.7. The number of ether oxygens (including phenoxy) is 2. The molecule has 3 rings (SSSR count). The number of methoxy groups -OCH3 is 2. The van der Waals surface area contributed by atoms with Gasteiger partial charge in [-0.2, -0.15) is 18.3 Å². The number of nitrogens with one attached hydrogen (secondary N) is 1. The maximum Gasteiger partial charge on any atom is 0.416 e. The smallest absolute Gasteiger partial charge is 0.416 e. The van der Waals surface area contributed by atoms with E-state index in [0.717, 1.165) is 12.1 Å². The van der Waals surface area contributed by atoms with Crippen molar-refractivity contribution in [2.75, 3.05) is 14.2 Å². The third-order valence-corrected chi connectivity index (χ3v) is 4.11. The lowest BCUT2D eigenvalue weighted by Crippen LogP contribution is -2.18. The minimum atomic E-state index is -4.44. The van der Waals surface area contributed by atoms with E-state index in [-0.39, 0.29) is 22.6 Å². The van der Waals surface area contributed by atoms with Crippen molar-refractivity contribution in [1.29, 1.82) is 0 Å². The Morgan fingerprint density at radius 2 is 1.87 bits per heavy atom. The van der Waals surface area contributed by atoms with Crippen LogP contribution in [0.15, 0.2) is 64.1 Å². The van der Waals surface area contributed by atoms with E-state index in [4.69, 9.17) is 13.9 Å². The molecule has 30 heavy (non-hydrogen) atoms. The largest absolute Gasteiger partial charge is 0.497 e. The number of carbonyl (C=O) groups excluding carboxylic acids is 1. The lowest BCUT2D eigenvalue weighted by molar-refractivity contribution is -0.137. The summed E-state index contributed by atoms with van der Waals surface area (Å²) in [6.07, 6.45) is -3.20. The van der Waals surface area contributed by atoms with Crippen LogP contribution in [0.4, 0.5) is 13.2 Å². The molecular formula is C21H17F3N2O4. The number of carbonyl (C=O) groups is 1. The van der Waals surface area contributed by atoms with Gasteiger partial charge in [0.1, 0.15) is 23.0 Å². The lowest BCUT2D eigenvalue weighted by Gasteiger charge is -2.08. The molecule has 0 atom stereocenters. The topological polar surface area (TPSA) is 73.1 Å². The van der Waals surface area contributed by atoms with Gasteiger partial charge >= 0.3 is 6.18 Å². The second-order valence-corrected chi connectivity index (χ2v) is 6.05. The molecule has 1 N–H and O–H groups in total. The zero-order valence-electron chi connectivity index (χ0n) is 16.0. The number of hydrazone groups is 1. The molecule has 0 saturated heterocycles. The van der Waals surface area contributed by atoms with E-state index < -0.39 is 17.6 Å². The molecule has 0 aliphatic rings. The van der Waals surface area contributed by atoms with Crippen LogP contribution in [-0.2, 0) is 6.18 Å². The number of nitrogens with zero attached hydrogens (tertiary/aromatic N) is 1. The molecule has 0 aliphatic carbocycles. The highest BCUT2D eigenvalue weighted by Gasteiger charge is 2.30. The molecule has 9 heteroatoms. The van der Waals surface area contributed by atoms with Crippen LogP contribution in [0.5, 0.6) is 11.5 Å². The number of rotatable bonds is 6. The van der Waals surface area contributed by atoms with Crippen molar-refractivity contribution in [3.8, 4) is 22.8 Å². The van der Waals surface area contributed by atoms with Crippen molar-refractivity contribution in [3.05, 3.63) is 71.5 Å². The number of furan rings is 1. The summed E-state index contributed by atoms with van der Waals surface area (Å²) >= 11 is 0. The second kappa shape index (κ2) is 8.73. The second-order valence-electron chi connectivity index (χ2n) is 6.05. The summed E-state index contributed by atoms with van der Waals surface area (Å²) in [7, 11) is 2.92. The van der Waals surface area contributed by atoms with E-state index in [1.807, 2.05) is 0 Å². The molecule has 2 aromatic carbocycles. The minimum Gasteiger partial charge on any atom is -0.497 e. The highest BCUT2D eigenvalue weighted by atomic mass is 19.4. The van der Waals surface area contributed by atoms with Crippen molar-refractivity contribution in [2.45, 2.75) is 6.18 Å². The number of benzene rings is 2.